The number of ether oxygens (including phenoxy) is 1. The molecule has 1 aliphatic heterocycles. The van der Waals surface area contributed by atoms with Crippen LogP contribution in [0.5, 0.6) is 0 Å². The summed E-state index contributed by atoms with van der Waals surface area (Å²) >= 11 is 0. The molecule has 24 heavy (non-hydrogen) atoms. The largest absolute Gasteiger partial charge is 0.387 e. The Balaban J connectivity index is 1.55. The lowest BCUT2D eigenvalue weighted by molar-refractivity contribution is 0.0911. The maximum Gasteiger partial charge on any atom is 0.269 e. The van der Waals surface area contributed by atoms with Gasteiger partial charge in [-0.3, -0.25) is 9.78 Å². The van der Waals surface area contributed by atoms with Crippen molar-refractivity contribution in [2.45, 2.75) is 6.10 Å². The zero-order chi connectivity index (χ0) is 16.8. The molecule has 1 amide bonds. The van der Waals surface area contributed by atoms with Crippen LogP contribution in [-0.4, -0.2) is 48.8 Å². The van der Waals surface area contributed by atoms with Gasteiger partial charge in [0.15, 0.2) is 0 Å². The summed E-state index contributed by atoms with van der Waals surface area (Å²) in [6.45, 7) is 3.38. The van der Waals surface area contributed by atoms with Gasteiger partial charge in [0.1, 0.15) is 5.69 Å². The number of aromatic nitrogens is 1. The van der Waals surface area contributed by atoms with Crippen molar-refractivity contribution < 1.29 is 14.6 Å². The molecule has 0 aliphatic carbocycles. The van der Waals surface area contributed by atoms with Crippen LogP contribution in [0.1, 0.15) is 22.2 Å². The van der Waals surface area contributed by atoms with Crippen LogP contribution in [-0.2, 0) is 4.74 Å². The fraction of sp³-hybridized carbons (Fsp3) is 0.333. The second-order valence-electron chi connectivity index (χ2n) is 5.63. The van der Waals surface area contributed by atoms with Crippen molar-refractivity contribution in [3.05, 3.63) is 59.9 Å². The Morgan fingerprint density at radius 3 is 2.62 bits per heavy atom. The quantitative estimate of drug-likeness (QED) is 0.868. The van der Waals surface area contributed by atoms with Gasteiger partial charge in [-0.25, -0.2) is 0 Å². The lowest BCUT2D eigenvalue weighted by Gasteiger charge is -2.29. The van der Waals surface area contributed by atoms with Gasteiger partial charge in [-0.2, -0.15) is 0 Å². The molecule has 126 valence electrons. The lowest BCUT2D eigenvalue weighted by Crippen LogP contribution is -2.36. The first-order valence-electron chi connectivity index (χ1n) is 8.04. The number of rotatable bonds is 5. The Morgan fingerprint density at radius 1 is 1.21 bits per heavy atom. The van der Waals surface area contributed by atoms with Crippen LogP contribution in [0.4, 0.5) is 5.69 Å². The molecule has 0 spiro atoms. The van der Waals surface area contributed by atoms with E-state index in [9.17, 15) is 9.90 Å². The molecule has 1 aromatic carbocycles. The molecule has 1 aromatic heterocycles. The number of aliphatic hydroxyl groups excluding tert-OH is 1. The molecule has 6 nitrogen and oxygen atoms in total. The average Bonchev–Trinajstić information content (AvgIpc) is 2.67. The Morgan fingerprint density at radius 2 is 1.96 bits per heavy atom. The predicted octanol–water partition coefficient (Wildman–Crippen LogP) is 1.38. The van der Waals surface area contributed by atoms with Crippen molar-refractivity contribution in [1.82, 2.24) is 10.3 Å². The number of pyridine rings is 1. The number of morpholine rings is 1. The van der Waals surface area contributed by atoms with Gasteiger partial charge in [-0.05, 0) is 29.8 Å². The average molecular weight is 327 g/mol. The van der Waals surface area contributed by atoms with Crippen LogP contribution in [0.3, 0.4) is 0 Å². The molecule has 1 saturated heterocycles. The van der Waals surface area contributed by atoms with Crippen molar-refractivity contribution in [3.8, 4) is 0 Å². The minimum Gasteiger partial charge on any atom is -0.387 e. The van der Waals surface area contributed by atoms with E-state index in [1.807, 2.05) is 24.3 Å². The van der Waals surface area contributed by atoms with Gasteiger partial charge in [0.05, 0.1) is 19.3 Å². The molecule has 0 saturated carbocycles. The molecule has 0 radical (unpaired) electrons. The first-order valence-corrected chi connectivity index (χ1v) is 8.04. The van der Waals surface area contributed by atoms with Crippen LogP contribution in [0.25, 0.3) is 0 Å². The third-order valence-electron chi connectivity index (χ3n) is 4.01. The van der Waals surface area contributed by atoms with Gasteiger partial charge in [0.25, 0.3) is 5.91 Å². The summed E-state index contributed by atoms with van der Waals surface area (Å²) in [5.74, 6) is -0.292. The number of nitrogens with one attached hydrogen (secondary N) is 1. The third kappa shape index (κ3) is 4.10. The number of hydrogen-bond donors (Lipinski definition) is 2. The summed E-state index contributed by atoms with van der Waals surface area (Å²) < 4.78 is 5.35. The van der Waals surface area contributed by atoms with E-state index in [0.717, 1.165) is 37.6 Å². The number of aliphatic hydroxyl groups is 1. The van der Waals surface area contributed by atoms with Crippen molar-refractivity contribution in [2.75, 3.05) is 37.7 Å². The van der Waals surface area contributed by atoms with Gasteiger partial charge in [-0.15, -0.1) is 0 Å². The fourth-order valence-corrected chi connectivity index (χ4v) is 2.62. The highest BCUT2D eigenvalue weighted by Crippen LogP contribution is 2.20. The second-order valence-corrected chi connectivity index (χ2v) is 5.63. The van der Waals surface area contributed by atoms with Gasteiger partial charge >= 0.3 is 0 Å². The van der Waals surface area contributed by atoms with Crippen molar-refractivity contribution in [2.24, 2.45) is 0 Å². The number of nitrogens with zero attached hydrogens (tertiary/aromatic N) is 2. The van der Waals surface area contributed by atoms with E-state index in [0.29, 0.717) is 5.69 Å². The topological polar surface area (TPSA) is 74.7 Å². The van der Waals surface area contributed by atoms with Crippen LogP contribution >= 0.6 is 0 Å². The maximum atomic E-state index is 11.9. The number of anilines is 1. The molecule has 1 atom stereocenters. The molecule has 1 unspecified atom stereocenters. The normalized spacial score (nSPS) is 15.8. The van der Waals surface area contributed by atoms with Crippen LogP contribution in [0, 0.1) is 0 Å². The smallest absolute Gasteiger partial charge is 0.269 e. The Hall–Kier alpha value is -2.44. The van der Waals surface area contributed by atoms with Crippen molar-refractivity contribution in [1.29, 1.82) is 0 Å². The van der Waals surface area contributed by atoms with Crippen LogP contribution in [0.2, 0.25) is 0 Å². The van der Waals surface area contributed by atoms with E-state index >= 15 is 0 Å². The standard InChI is InChI=1S/C18H21N3O3/c22-17(13-20-18(23)16-3-1-2-8-19-16)14-4-6-15(7-5-14)21-9-11-24-12-10-21/h1-8,17,22H,9-13H2,(H,20,23). The second kappa shape index (κ2) is 7.90. The molecular formula is C18H21N3O3. The molecule has 2 N–H and O–H groups in total. The molecular weight excluding hydrogens is 306 g/mol. The zero-order valence-electron chi connectivity index (χ0n) is 13.4. The Bertz CT molecular complexity index is 655. The van der Waals surface area contributed by atoms with Gasteiger partial charge in [0, 0.05) is 31.5 Å². The SMILES string of the molecule is O=C(NCC(O)c1ccc(N2CCOCC2)cc1)c1ccccn1. The van der Waals surface area contributed by atoms with Crippen LogP contribution in [0.15, 0.2) is 48.7 Å². The molecule has 1 fully saturated rings. The first kappa shape index (κ1) is 16.4. The van der Waals surface area contributed by atoms with Gasteiger partial charge in [-0.1, -0.05) is 18.2 Å². The maximum absolute atomic E-state index is 11.9. The van der Waals surface area contributed by atoms with E-state index in [-0.39, 0.29) is 12.5 Å². The minimum absolute atomic E-state index is 0.145. The highest BCUT2D eigenvalue weighted by Gasteiger charge is 2.14. The zero-order valence-corrected chi connectivity index (χ0v) is 13.4. The number of hydrogen-bond acceptors (Lipinski definition) is 5. The summed E-state index contributed by atoms with van der Waals surface area (Å²) in [6.07, 6.45) is 0.812. The van der Waals surface area contributed by atoms with Gasteiger partial charge < -0.3 is 20.1 Å². The summed E-state index contributed by atoms with van der Waals surface area (Å²) in [4.78, 5) is 18.2. The van der Waals surface area contributed by atoms with E-state index in [1.165, 1.54) is 0 Å². The molecule has 2 heterocycles. The van der Waals surface area contributed by atoms with E-state index < -0.39 is 6.10 Å². The van der Waals surface area contributed by atoms with Crippen LogP contribution < -0.4 is 10.2 Å². The van der Waals surface area contributed by atoms with Crippen molar-refractivity contribution >= 4 is 11.6 Å². The van der Waals surface area contributed by atoms with Gasteiger partial charge in [0.2, 0.25) is 0 Å². The number of amides is 1. The summed E-state index contributed by atoms with van der Waals surface area (Å²) in [6, 6.07) is 12.9. The summed E-state index contributed by atoms with van der Waals surface area (Å²) in [7, 11) is 0. The minimum atomic E-state index is -0.753. The number of carbonyl (C=O) groups excluding carboxylic acids is 1. The molecule has 3 rings (SSSR count). The molecule has 0 bridgehead atoms. The first-order chi connectivity index (χ1) is 11.7. The third-order valence-corrected chi connectivity index (χ3v) is 4.01. The fourth-order valence-electron chi connectivity index (χ4n) is 2.62. The number of benzene rings is 1. The number of carbonyl (C=O) groups is 1. The highest BCUT2D eigenvalue weighted by atomic mass is 16.5. The predicted molar refractivity (Wildman–Crippen MR) is 91.0 cm³/mol. The summed E-state index contributed by atoms with van der Waals surface area (Å²) in [5, 5.41) is 12.9. The Kier molecular flexibility index (Phi) is 5.40. The summed E-state index contributed by atoms with van der Waals surface area (Å²) in [5.41, 5.74) is 2.23. The van der Waals surface area contributed by atoms with Crippen molar-refractivity contribution in [3.63, 3.8) is 0 Å². The molecule has 1 aliphatic rings. The van der Waals surface area contributed by atoms with E-state index in [1.54, 1.807) is 24.4 Å². The monoisotopic (exact) mass is 327 g/mol. The lowest BCUT2D eigenvalue weighted by atomic mass is 10.1. The van der Waals surface area contributed by atoms with E-state index in [2.05, 4.69) is 15.2 Å². The molecule has 2 aromatic rings. The highest BCUT2D eigenvalue weighted by molar-refractivity contribution is 5.92. The molecule has 6 heteroatoms. The Labute approximate surface area is 141 Å². The van der Waals surface area contributed by atoms with E-state index in [4.69, 9.17) is 4.74 Å².